The first kappa shape index (κ1) is 19.1. The van der Waals surface area contributed by atoms with Gasteiger partial charge in [0.1, 0.15) is 5.69 Å². The van der Waals surface area contributed by atoms with Gasteiger partial charge in [0.25, 0.3) is 5.43 Å². The number of methoxy groups -OCH3 is 1. The minimum atomic E-state index is -3.04. The standard InChI is InChI=1S/C17H17F2N3O4/c1-21(2)9-8-12(23)15-16(24)14(25-3)10-22(20-15)11-6-4-5-7-13(11)26-17(18)19/h4-10,17H,1-3H3. The van der Waals surface area contributed by atoms with Crippen LogP contribution < -0.4 is 14.9 Å². The van der Waals surface area contributed by atoms with Gasteiger partial charge in [-0.05, 0) is 12.1 Å². The van der Waals surface area contributed by atoms with Gasteiger partial charge >= 0.3 is 6.61 Å². The van der Waals surface area contributed by atoms with E-state index in [4.69, 9.17) is 4.74 Å². The van der Waals surface area contributed by atoms with Gasteiger partial charge in [0, 0.05) is 26.4 Å². The van der Waals surface area contributed by atoms with Crippen LogP contribution in [-0.2, 0) is 0 Å². The van der Waals surface area contributed by atoms with Crippen LogP contribution in [0.2, 0.25) is 0 Å². The van der Waals surface area contributed by atoms with Crippen molar-refractivity contribution in [3.8, 4) is 17.2 Å². The predicted molar refractivity (Wildman–Crippen MR) is 90.2 cm³/mol. The largest absolute Gasteiger partial charge is 0.491 e. The quantitative estimate of drug-likeness (QED) is 0.553. The second kappa shape index (κ2) is 8.24. The Bertz CT molecular complexity index is 879. The van der Waals surface area contributed by atoms with E-state index in [-0.39, 0.29) is 17.2 Å². The third-order valence-electron chi connectivity index (χ3n) is 3.19. The number of ether oxygens (including phenoxy) is 2. The normalized spacial score (nSPS) is 11.0. The van der Waals surface area contributed by atoms with Crippen LogP contribution in [0.25, 0.3) is 5.69 Å². The first-order valence-electron chi connectivity index (χ1n) is 7.44. The lowest BCUT2D eigenvalue weighted by Crippen LogP contribution is -2.22. The third kappa shape index (κ3) is 4.44. The van der Waals surface area contributed by atoms with Crippen LogP contribution in [-0.4, -0.2) is 48.3 Å². The van der Waals surface area contributed by atoms with Crippen LogP contribution in [0.1, 0.15) is 10.5 Å². The molecule has 0 N–H and O–H groups in total. The number of hydrogen-bond acceptors (Lipinski definition) is 6. The van der Waals surface area contributed by atoms with E-state index < -0.39 is 23.5 Å². The number of para-hydroxylation sites is 2. The minimum Gasteiger partial charge on any atom is -0.491 e. The highest BCUT2D eigenvalue weighted by atomic mass is 19.3. The summed E-state index contributed by atoms with van der Waals surface area (Å²) in [6.45, 7) is -3.04. The van der Waals surface area contributed by atoms with Gasteiger partial charge in [-0.25, -0.2) is 4.68 Å². The molecule has 0 spiro atoms. The summed E-state index contributed by atoms with van der Waals surface area (Å²) in [5.41, 5.74) is -0.990. The Morgan fingerprint density at radius 1 is 1.27 bits per heavy atom. The topological polar surface area (TPSA) is 73.7 Å². The Labute approximate surface area is 148 Å². The highest BCUT2D eigenvalue weighted by Crippen LogP contribution is 2.24. The molecule has 0 atom stereocenters. The lowest BCUT2D eigenvalue weighted by Gasteiger charge is -2.13. The maximum atomic E-state index is 12.6. The van der Waals surface area contributed by atoms with Crippen LogP contribution in [0.3, 0.4) is 0 Å². The predicted octanol–water partition coefficient (Wildman–Crippen LogP) is 2.10. The molecule has 138 valence electrons. The molecule has 1 heterocycles. The van der Waals surface area contributed by atoms with Crippen molar-refractivity contribution in [3.63, 3.8) is 0 Å². The zero-order valence-electron chi connectivity index (χ0n) is 14.3. The number of alkyl halides is 2. The van der Waals surface area contributed by atoms with Crippen LogP contribution in [0, 0.1) is 0 Å². The molecular weight excluding hydrogens is 348 g/mol. The first-order chi connectivity index (χ1) is 12.3. The molecule has 9 heteroatoms. The summed E-state index contributed by atoms with van der Waals surface area (Å²) >= 11 is 0. The van der Waals surface area contributed by atoms with E-state index in [0.717, 1.165) is 4.68 Å². The minimum absolute atomic E-state index is 0.122. The van der Waals surface area contributed by atoms with Crippen LogP contribution in [0.4, 0.5) is 8.78 Å². The summed E-state index contributed by atoms with van der Waals surface area (Å²) in [5.74, 6) is -0.972. The Morgan fingerprint density at radius 3 is 2.58 bits per heavy atom. The lowest BCUT2D eigenvalue weighted by atomic mass is 10.2. The van der Waals surface area contributed by atoms with Crippen molar-refractivity contribution in [2.45, 2.75) is 6.61 Å². The highest BCUT2D eigenvalue weighted by molar-refractivity contribution is 6.03. The average Bonchev–Trinajstić information content (AvgIpc) is 2.60. The molecule has 26 heavy (non-hydrogen) atoms. The molecule has 1 aromatic heterocycles. The molecule has 2 rings (SSSR count). The maximum Gasteiger partial charge on any atom is 0.387 e. The molecule has 7 nitrogen and oxygen atoms in total. The summed E-state index contributed by atoms with van der Waals surface area (Å²) in [7, 11) is 4.67. The monoisotopic (exact) mass is 365 g/mol. The number of ketones is 1. The molecule has 0 aliphatic carbocycles. The van der Waals surface area contributed by atoms with Gasteiger partial charge in [0.15, 0.2) is 17.2 Å². The molecule has 0 bridgehead atoms. The Kier molecular flexibility index (Phi) is 6.05. The number of benzene rings is 1. The fraction of sp³-hybridized carbons (Fsp3) is 0.235. The van der Waals surface area contributed by atoms with Crippen molar-refractivity contribution < 1.29 is 23.0 Å². The number of halogens is 2. The van der Waals surface area contributed by atoms with Crippen molar-refractivity contribution in [2.75, 3.05) is 21.2 Å². The van der Waals surface area contributed by atoms with Gasteiger partial charge in [-0.3, -0.25) is 9.59 Å². The summed E-state index contributed by atoms with van der Waals surface area (Å²) in [5, 5.41) is 3.98. The van der Waals surface area contributed by atoms with Crippen molar-refractivity contribution in [3.05, 3.63) is 58.7 Å². The van der Waals surface area contributed by atoms with E-state index in [0.29, 0.717) is 0 Å². The molecule has 0 saturated carbocycles. The molecule has 0 aliphatic heterocycles. The molecule has 0 saturated heterocycles. The summed E-state index contributed by atoms with van der Waals surface area (Å²) in [6, 6.07) is 5.86. The van der Waals surface area contributed by atoms with Gasteiger partial charge in [0.05, 0.1) is 13.3 Å². The summed E-state index contributed by atoms with van der Waals surface area (Å²) in [4.78, 5) is 26.2. The smallest absolute Gasteiger partial charge is 0.387 e. The fourth-order valence-corrected chi connectivity index (χ4v) is 2.04. The molecule has 0 unspecified atom stereocenters. The van der Waals surface area contributed by atoms with Gasteiger partial charge in [0.2, 0.25) is 5.78 Å². The average molecular weight is 365 g/mol. The molecule has 0 amide bonds. The number of allylic oxidation sites excluding steroid dienone is 1. The van der Waals surface area contributed by atoms with Crippen LogP contribution in [0.15, 0.2) is 47.5 Å². The molecule has 0 aliphatic rings. The highest BCUT2D eigenvalue weighted by Gasteiger charge is 2.18. The van der Waals surface area contributed by atoms with Crippen LogP contribution in [0.5, 0.6) is 11.5 Å². The number of rotatable bonds is 7. The Balaban J connectivity index is 2.60. The van der Waals surface area contributed by atoms with Crippen LogP contribution >= 0.6 is 0 Å². The fourth-order valence-electron chi connectivity index (χ4n) is 2.04. The van der Waals surface area contributed by atoms with Gasteiger partial charge < -0.3 is 14.4 Å². The number of aromatic nitrogens is 2. The van der Waals surface area contributed by atoms with E-state index in [1.807, 2.05) is 0 Å². The van der Waals surface area contributed by atoms with Gasteiger partial charge in [-0.15, -0.1) is 0 Å². The van der Waals surface area contributed by atoms with E-state index in [1.54, 1.807) is 25.1 Å². The summed E-state index contributed by atoms with van der Waals surface area (Å²) in [6.07, 6.45) is 3.83. The zero-order chi connectivity index (χ0) is 19.3. The number of nitrogens with zero attached hydrogens (tertiary/aromatic N) is 3. The van der Waals surface area contributed by atoms with E-state index in [2.05, 4.69) is 9.84 Å². The summed E-state index contributed by atoms with van der Waals surface area (Å²) < 4.78 is 35.8. The third-order valence-corrected chi connectivity index (χ3v) is 3.19. The molecule has 1 aromatic carbocycles. The zero-order valence-corrected chi connectivity index (χ0v) is 14.3. The number of hydrogen-bond donors (Lipinski definition) is 0. The Morgan fingerprint density at radius 2 is 1.96 bits per heavy atom. The molecular formula is C17H17F2N3O4. The first-order valence-corrected chi connectivity index (χ1v) is 7.44. The SMILES string of the molecule is COc1cn(-c2ccccc2OC(F)F)nc(C(=O)C=CN(C)C)c1=O. The lowest BCUT2D eigenvalue weighted by molar-refractivity contribution is -0.0499. The Hall–Kier alpha value is -3.23. The van der Waals surface area contributed by atoms with Crippen molar-refractivity contribution in [1.82, 2.24) is 14.7 Å². The second-order valence-corrected chi connectivity index (χ2v) is 5.31. The van der Waals surface area contributed by atoms with Crippen molar-refractivity contribution in [1.29, 1.82) is 0 Å². The van der Waals surface area contributed by atoms with Crippen molar-refractivity contribution >= 4 is 5.78 Å². The maximum absolute atomic E-state index is 12.6. The van der Waals surface area contributed by atoms with E-state index in [1.165, 1.54) is 43.8 Å². The number of carbonyl (C=O) groups is 1. The van der Waals surface area contributed by atoms with E-state index >= 15 is 0 Å². The van der Waals surface area contributed by atoms with Gasteiger partial charge in [-0.1, -0.05) is 12.1 Å². The van der Waals surface area contributed by atoms with E-state index in [9.17, 15) is 18.4 Å². The molecule has 2 aromatic rings. The van der Waals surface area contributed by atoms with Gasteiger partial charge in [-0.2, -0.15) is 13.9 Å². The number of carbonyl (C=O) groups excluding carboxylic acids is 1. The molecule has 0 fully saturated rings. The van der Waals surface area contributed by atoms with Crippen molar-refractivity contribution in [2.24, 2.45) is 0 Å². The molecule has 0 radical (unpaired) electrons. The second-order valence-electron chi connectivity index (χ2n) is 5.31.